The summed E-state index contributed by atoms with van der Waals surface area (Å²) in [6.07, 6.45) is 6.45. The monoisotopic (exact) mass is 553 g/mol. The second kappa shape index (κ2) is 9.92. The number of aryl methyl sites for hydroxylation is 2. The summed E-state index contributed by atoms with van der Waals surface area (Å²) in [6.45, 7) is 6.71. The van der Waals surface area contributed by atoms with Crippen molar-refractivity contribution in [2.45, 2.75) is 26.8 Å². The number of benzene rings is 5. The zero-order chi connectivity index (χ0) is 29.1. The van der Waals surface area contributed by atoms with E-state index in [9.17, 15) is 0 Å². The second-order valence-corrected chi connectivity index (χ2v) is 11.6. The Labute approximate surface area is 251 Å². The fraction of sp³-hybridized carbons (Fsp3) is 0.100. The Morgan fingerprint density at radius 1 is 0.558 bits per heavy atom. The van der Waals surface area contributed by atoms with Gasteiger partial charge in [-0.2, -0.15) is 0 Å². The smallest absolute Gasteiger partial charge is 0.0791 e. The number of rotatable bonds is 3. The maximum Gasteiger partial charge on any atom is 0.0791 e. The first-order valence-corrected chi connectivity index (χ1v) is 14.9. The van der Waals surface area contributed by atoms with Gasteiger partial charge in [0.1, 0.15) is 0 Å². The standard InChI is InChI=1S/C40H31N3/c1-24-22-30(20-21-41-24)29-18-19-32-34(23-29)43-40(28-14-8-5-9-15-28)38-25(2)35-31-16-10-11-17-33(31)42-39(27-12-6-4-7-13-27)37(35)26(3)36(32)38/h4-24,41H,1-3H3. The van der Waals surface area contributed by atoms with Gasteiger partial charge in [-0.15, -0.1) is 0 Å². The van der Waals surface area contributed by atoms with Crippen LogP contribution in [0.15, 0.2) is 121 Å². The number of nitrogens with zero attached hydrogens (tertiary/aromatic N) is 2. The van der Waals surface area contributed by atoms with Crippen molar-refractivity contribution in [1.82, 2.24) is 15.3 Å². The maximum atomic E-state index is 5.43. The molecule has 3 heterocycles. The number of dihydropyridines is 1. The summed E-state index contributed by atoms with van der Waals surface area (Å²) < 4.78 is 0. The summed E-state index contributed by atoms with van der Waals surface area (Å²) in [4.78, 5) is 10.7. The van der Waals surface area contributed by atoms with Gasteiger partial charge in [0, 0.05) is 38.7 Å². The van der Waals surface area contributed by atoms with Crippen molar-refractivity contribution < 1.29 is 0 Å². The van der Waals surface area contributed by atoms with E-state index in [-0.39, 0.29) is 6.04 Å². The van der Waals surface area contributed by atoms with E-state index in [0.29, 0.717) is 0 Å². The lowest BCUT2D eigenvalue weighted by Gasteiger charge is -2.21. The number of para-hydroxylation sites is 1. The van der Waals surface area contributed by atoms with Gasteiger partial charge in [0.2, 0.25) is 0 Å². The predicted molar refractivity (Wildman–Crippen MR) is 182 cm³/mol. The minimum atomic E-state index is 0.287. The largest absolute Gasteiger partial charge is 0.385 e. The fourth-order valence-corrected chi connectivity index (χ4v) is 6.88. The van der Waals surface area contributed by atoms with Gasteiger partial charge in [-0.05, 0) is 78.2 Å². The molecule has 206 valence electrons. The van der Waals surface area contributed by atoms with E-state index < -0.39 is 0 Å². The molecule has 1 aliphatic rings. The summed E-state index contributed by atoms with van der Waals surface area (Å²) in [5.41, 5.74) is 11.2. The van der Waals surface area contributed by atoms with E-state index in [4.69, 9.17) is 9.97 Å². The highest BCUT2D eigenvalue weighted by molar-refractivity contribution is 6.25. The van der Waals surface area contributed by atoms with Crippen LogP contribution in [0.4, 0.5) is 0 Å². The molecule has 0 saturated carbocycles. The predicted octanol–water partition coefficient (Wildman–Crippen LogP) is 9.93. The zero-order valence-corrected chi connectivity index (χ0v) is 24.5. The molecule has 7 aromatic rings. The highest BCUT2D eigenvalue weighted by Crippen LogP contribution is 2.45. The van der Waals surface area contributed by atoms with Crippen LogP contribution in [0.3, 0.4) is 0 Å². The van der Waals surface area contributed by atoms with E-state index in [1.165, 1.54) is 54.6 Å². The summed E-state index contributed by atoms with van der Waals surface area (Å²) in [5.74, 6) is 0. The average Bonchev–Trinajstić information content (AvgIpc) is 3.06. The third-order valence-electron chi connectivity index (χ3n) is 8.86. The Morgan fingerprint density at radius 2 is 1.12 bits per heavy atom. The molecule has 1 N–H and O–H groups in total. The van der Waals surface area contributed by atoms with Gasteiger partial charge in [-0.3, -0.25) is 0 Å². The lowest BCUT2D eigenvalue weighted by atomic mass is 9.85. The molecule has 3 heteroatoms. The van der Waals surface area contributed by atoms with Crippen LogP contribution in [-0.4, -0.2) is 16.0 Å². The topological polar surface area (TPSA) is 37.8 Å². The first-order valence-electron chi connectivity index (χ1n) is 14.9. The van der Waals surface area contributed by atoms with Gasteiger partial charge in [0.25, 0.3) is 0 Å². The van der Waals surface area contributed by atoms with Crippen LogP contribution in [0.2, 0.25) is 0 Å². The molecule has 0 bridgehead atoms. The first-order chi connectivity index (χ1) is 21.1. The van der Waals surface area contributed by atoms with E-state index in [1.54, 1.807) is 0 Å². The molecule has 0 spiro atoms. The van der Waals surface area contributed by atoms with Crippen LogP contribution in [0.25, 0.3) is 71.4 Å². The van der Waals surface area contributed by atoms with Crippen LogP contribution >= 0.6 is 0 Å². The fourth-order valence-electron chi connectivity index (χ4n) is 6.88. The molecule has 0 saturated heterocycles. The highest BCUT2D eigenvalue weighted by atomic mass is 14.9. The van der Waals surface area contributed by atoms with E-state index in [0.717, 1.165) is 33.5 Å². The Kier molecular flexibility index (Phi) is 5.87. The number of hydrogen-bond acceptors (Lipinski definition) is 3. The van der Waals surface area contributed by atoms with Crippen LogP contribution in [0.1, 0.15) is 23.6 Å². The van der Waals surface area contributed by atoms with Gasteiger partial charge in [0.05, 0.1) is 22.4 Å². The molecule has 0 radical (unpaired) electrons. The highest BCUT2D eigenvalue weighted by Gasteiger charge is 2.22. The Balaban J connectivity index is 1.58. The van der Waals surface area contributed by atoms with Crippen molar-refractivity contribution >= 4 is 48.9 Å². The molecule has 8 rings (SSSR count). The number of allylic oxidation sites excluding steroid dienone is 2. The van der Waals surface area contributed by atoms with Crippen molar-refractivity contribution in [2.24, 2.45) is 0 Å². The van der Waals surface area contributed by atoms with Crippen molar-refractivity contribution in [2.75, 3.05) is 0 Å². The summed E-state index contributed by atoms with van der Waals surface area (Å²) in [5, 5.41) is 10.6. The minimum absolute atomic E-state index is 0.287. The van der Waals surface area contributed by atoms with Crippen LogP contribution in [-0.2, 0) is 0 Å². The molecule has 1 unspecified atom stereocenters. The van der Waals surface area contributed by atoms with Crippen molar-refractivity contribution in [3.63, 3.8) is 0 Å². The first kappa shape index (κ1) is 25.4. The Morgan fingerprint density at radius 3 is 1.74 bits per heavy atom. The van der Waals surface area contributed by atoms with Crippen molar-refractivity contribution in [3.05, 3.63) is 138 Å². The Bertz CT molecular complexity index is 2280. The molecule has 43 heavy (non-hydrogen) atoms. The third kappa shape index (κ3) is 4.04. The summed E-state index contributed by atoms with van der Waals surface area (Å²) >= 11 is 0. The number of pyridine rings is 2. The van der Waals surface area contributed by atoms with Crippen LogP contribution in [0.5, 0.6) is 0 Å². The number of hydrogen-bond donors (Lipinski definition) is 1. The van der Waals surface area contributed by atoms with Gasteiger partial charge >= 0.3 is 0 Å². The van der Waals surface area contributed by atoms with Crippen molar-refractivity contribution in [1.29, 1.82) is 0 Å². The molecule has 0 aliphatic carbocycles. The summed E-state index contributed by atoms with van der Waals surface area (Å²) in [6, 6.07) is 36.8. The van der Waals surface area contributed by atoms with Gasteiger partial charge in [-0.25, -0.2) is 9.97 Å². The third-order valence-corrected chi connectivity index (χ3v) is 8.86. The lowest BCUT2D eigenvalue weighted by molar-refractivity contribution is 0.764. The molecule has 0 amide bonds. The van der Waals surface area contributed by atoms with Gasteiger partial charge in [0.15, 0.2) is 0 Å². The van der Waals surface area contributed by atoms with Gasteiger partial charge < -0.3 is 5.32 Å². The molecule has 5 aromatic carbocycles. The average molecular weight is 554 g/mol. The Hall–Kier alpha value is -5.28. The van der Waals surface area contributed by atoms with Gasteiger partial charge in [-0.1, -0.05) is 97.1 Å². The number of aromatic nitrogens is 2. The minimum Gasteiger partial charge on any atom is -0.385 e. The van der Waals surface area contributed by atoms with Crippen LogP contribution in [0, 0.1) is 13.8 Å². The SMILES string of the molecule is Cc1c2c(-c3ccccc3)nc3cc(C4=CC(C)NC=C4)ccc3c2c(C)c2c(-c3ccccc3)nc3ccccc3c12. The van der Waals surface area contributed by atoms with Crippen molar-refractivity contribution in [3.8, 4) is 22.5 Å². The van der Waals surface area contributed by atoms with E-state index in [2.05, 4.69) is 141 Å². The second-order valence-electron chi connectivity index (χ2n) is 11.6. The number of nitrogens with one attached hydrogen (secondary N) is 1. The molecule has 0 fully saturated rings. The summed E-state index contributed by atoms with van der Waals surface area (Å²) in [7, 11) is 0. The van der Waals surface area contributed by atoms with Crippen LogP contribution < -0.4 is 5.32 Å². The zero-order valence-electron chi connectivity index (χ0n) is 24.5. The normalized spacial score (nSPS) is 14.9. The quantitative estimate of drug-likeness (QED) is 0.175. The van der Waals surface area contributed by atoms with E-state index >= 15 is 0 Å². The van der Waals surface area contributed by atoms with E-state index in [1.807, 2.05) is 6.20 Å². The molecule has 1 atom stereocenters. The molecule has 2 aromatic heterocycles. The lowest BCUT2D eigenvalue weighted by Crippen LogP contribution is -2.20. The molecule has 3 nitrogen and oxygen atoms in total. The molecular formula is C40H31N3. The maximum absolute atomic E-state index is 5.43. The molecular weight excluding hydrogens is 522 g/mol. The number of fused-ring (bicyclic) bond motifs is 6. The molecule has 1 aliphatic heterocycles.